The van der Waals surface area contributed by atoms with Crippen LogP contribution in [0.25, 0.3) is 0 Å². The van der Waals surface area contributed by atoms with E-state index in [4.69, 9.17) is 14.2 Å². The van der Waals surface area contributed by atoms with Gasteiger partial charge in [-0.25, -0.2) is 0 Å². The molecule has 438 valence electrons. The standard InChI is InChI=1S/C73H110O6/c1-4-7-10-13-16-19-22-25-27-29-31-32-33-34-35-36-37-38-39-40-42-43-45-48-51-54-57-60-63-66-72(75)78-69-70(68-77-71(74)65-62-59-56-53-50-47-24-21-18-15-12-9-6-3)79-73(76)67-64-61-58-55-52-49-46-44-41-30-28-26-23-20-17-14-11-8-5-2/h7-8,10-12,15-17,19-21,24-28,31-32,34-35,37-38,40-42,44-45,48-49,52,54,57,70H,4-6,9,13-14,18,22-23,29-30,33,36,39,43,46-47,50-51,53,55-56,58-69H2,1-3H3/b10-7-,11-8-,15-12-,19-16-,20-17-,24-21-,27-25-,28-26-,32-31-,35-34-,38-37-,42-40-,44-41-,48-45-,52-49-,57-54-. The lowest BCUT2D eigenvalue weighted by Crippen LogP contribution is -2.30. The smallest absolute Gasteiger partial charge is 0.306 e. The Morgan fingerprint density at radius 2 is 0.506 bits per heavy atom. The van der Waals surface area contributed by atoms with Gasteiger partial charge in [0.15, 0.2) is 6.10 Å². The van der Waals surface area contributed by atoms with Crippen molar-refractivity contribution in [3.63, 3.8) is 0 Å². The highest BCUT2D eigenvalue weighted by atomic mass is 16.6. The molecule has 0 aliphatic heterocycles. The number of carbonyl (C=O) groups excluding carboxylic acids is 3. The minimum absolute atomic E-state index is 0.128. The van der Waals surface area contributed by atoms with E-state index in [1.165, 1.54) is 6.42 Å². The molecule has 0 bridgehead atoms. The van der Waals surface area contributed by atoms with Crippen LogP contribution in [-0.4, -0.2) is 37.2 Å². The Morgan fingerprint density at radius 1 is 0.266 bits per heavy atom. The van der Waals surface area contributed by atoms with Crippen LogP contribution in [0.2, 0.25) is 0 Å². The number of unbranched alkanes of at least 4 members (excludes halogenated alkanes) is 10. The van der Waals surface area contributed by atoms with Gasteiger partial charge >= 0.3 is 17.9 Å². The number of rotatable bonds is 53. The molecule has 0 aromatic carbocycles. The fourth-order valence-electron chi connectivity index (χ4n) is 7.51. The fraction of sp³-hybridized carbons (Fsp3) is 0.521. The highest BCUT2D eigenvalue weighted by Gasteiger charge is 2.19. The van der Waals surface area contributed by atoms with Crippen LogP contribution in [0, 0.1) is 0 Å². The van der Waals surface area contributed by atoms with Gasteiger partial charge in [-0.15, -0.1) is 0 Å². The van der Waals surface area contributed by atoms with Crippen molar-refractivity contribution >= 4 is 17.9 Å². The third-order valence-electron chi connectivity index (χ3n) is 12.0. The molecule has 0 spiro atoms. The Hall–Kier alpha value is -5.75. The van der Waals surface area contributed by atoms with Crippen molar-refractivity contribution < 1.29 is 28.6 Å². The van der Waals surface area contributed by atoms with Gasteiger partial charge in [0.1, 0.15) is 13.2 Å². The van der Waals surface area contributed by atoms with Crippen LogP contribution in [0.15, 0.2) is 194 Å². The van der Waals surface area contributed by atoms with Gasteiger partial charge in [-0.2, -0.15) is 0 Å². The van der Waals surface area contributed by atoms with Crippen LogP contribution in [0.5, 0.6) is 0 Å². The zero-order valence-corrected chi connectivity index (χ0v) is 50.0. The maximum Gasteiger partial charge on any atom is 0.306 e. The third-order valence-corrected chi connectivity index (χ3v) is 12.0. The van der Waals surface area contributed by atoms with E-state index in [1.54, 1.807) is 0 Å². The molecule has 6 heteroatoms. The van der Waals surface area contributed by atoms with E-state index in [2.05, 4.69) is 215 Å². The molecule has 0 aliphatic carbocycles. The Kier molecular flexibility index (Phi) is 60.1. The molecule has 0 aromatic heterocycles. The molecule has 1 atom stereocenters. The second-order valence-electron chi connectivity index (χ2n) is 19.5. The Labute approximate surface area is 484 Å². The second kappa shape index (κ2) is 64.8. The summed E-state index contributed by atoms with van der Waals surface area (Å²) in [5, 5.41) is 0. The van der Waals surface area contributed by atoms with Crippen LogP contribution in [0.4, 0.5) is 0 Å². The molecule has 0 rings (SSSR count). The number of ether oxygens (including phenoxy) is 3. The molecule has 0 saturated carbocycles. The molecular formula is C73H110O6. The molecule has 0 fully saturated rings. The van der Waals surface area contributed by atoms with E-state index in [9.17, 15) is 14.4 Å². The predicted molar refractivity (Wildman–Crippen MR) is 343 cm³/mol. The van der Waals surface area contributed by atoms with E-state index in [0.29, 0.717) is 19.3 Å². The highest BCUT2D eigenvalue weighted by Crippen LogP contribution is 2.12. The largest absolute Gasteiger partial charge is 0.462 e. The minimum atomic E-state index is -0.838. The van der Waals surface area contributed by atoms with Gasteiger partial charge in [0.2, 0.25) is 0 Å². The molecule has 0 amide bonds. The lowest BCUT2D eigenvalue weighted by Gasteiger charge is -2.18. The molecule has 0 N–H and O–H groups in total. The maximum absolute atomic E-state index is 12.9. The van der Waals surface area contributed by atoms with Crippen molar-refractivity contribution in [3.8, 4) is 0 Å². The molecule has 6 nitrogen and oxygen atoms in total. The van der Waals surface area contributed by atoms with Gasteiger partial charge in [-0.3, -0.25) is 14.4 Å². The van der Waals surface area contributed by atoms with Crippen LogP contribution in [0.3, 0.4) is 0 Å². The van der Waals surface area contributed by atoms with Crippen molar-refractivity contribution in [2.45, 2.75) is 232 Å². The summed E-state index contributed by atoms with van der Waals surface area (Å²) in [6.07, 6.45) is 98.6. The molecule has 0 heterocycles. The van der Waals surface area contributed by atoms with Crippen LogP contribution >= 0.6 is 0 Å². The summed E-state index contributed by atoms with van der Waals surface area (Å²) in [6.45, 7) is 6.24. The SMILES string of the molecule is CC/C=C\C/C=C\C/C=C\C/C=C\C/C=C\C/C=C\C/C=C\C/C=C\C/C=C\CCCC(=O)OCC(COC(=O)CCCCCCC/C=C\C/C=C\CCC)OC(=O)CCCCC/C=C\C/C=C\C/C=C\C/C=C\C/C=C\CC. The van der Waals surface area contributed by atoms with Crippen molar-refractivity contribution in [3.05, 3.63) is 194 Å². The van der Waals surface area contributed by atoms with Crippen molar-refractivity contribution in [1.82, 2.24) is 0 Å². The lowest BCUT2D eigenvalue weighted by molar-refractivity contribution is -0.167. The van der Waals surface area contributed by atoms with Gasteiger partial charge in [-0.05, 0) is 154 Å². The van der Waals surface area contributed by atoms with Gasteiger partial charge in [0.05, 0.1) is 0 Å². The van der Waals surface area contributed by atoms with Crippen LogP contribution < -0.4 is 0 Å². The number of allylic oxidation sites excluding steroid dienone is 32. The second-order valence-corrected chi connectivity index (χ2v) is 19.5. The van der Waals surface area contributed by atoms with E-state index in [1.807, 2.05) is 0 Å². The summed E-state index contributed by atoms with van der Waals surface area (Å²) in [7, 11) is 0. The average Bonchev–Trinajstić information content (AvgIpc) is 3.45. The molecule has 0 aliphatic rings. The zero-order valence-electron chi connectivity index (χ0n) is 50.0. The zero-order chi connectivity index (χ0) is 57.1. The number of esters is 3. The first-order chi connectivity index (χ1) is 39.0. The maximum atomic E-state index is 12.9. The Morgan fingerprint density at radius 3 is 0.835 bits per heavy atom. The van der Waals surface area contributed by atoms with Gasteiger partial charge in [0, 0.05) is 19.3 Å². The molecule has 0 radical (unpaired) electrons. The van der Waals surface area contributed by atoms with Crippen LogP contribution in [0.1, 0.15) is 226 Å². The van der Waals surface area contributed by atoms with E-state index in [0.717, 1.165) is 167 Å². The highest BCUT2D eigenvalue weighted by molar-refractivity contribution is 5.71. The van der Waals surface area contributed by atoms with E-state index >= 15 is 0 Å². The number of hydrogen-bond donors (Lipinski definition) is 0. The van der Waals surface area contributed by atoms with Gasteiger partial charge in [0.25, 0.3) is 0 Å². The third kappa shape index (κ3) is 63.0. The van der Waals surface area contributed by atoms with E-state index < -0.39 is 6.10 Å². The van der Waals surface area contributed by atoms with Gasteiger partial charge < -0.3 is 14.2 Å². The molecule has 79 heavy (non-hydrogen) atoms. The molecule has 0 aromatic rings. The monoisotopic (exact) mass is 1080 g/mol. The summed E-state index contributed by atoms with van der Waals surface area (Å²) in [5.74, 6) is -1.05. The summed E-state index contributed by atoms with van der Waals surface area (Å²) < 4.78 is 16.8. The first kappa shape index (κ1) is 73.2. The number of carbonyl (C=O) groups is 3. The molecule has 0 saturated heterocycles. The normalized spacial score (nSPS) is 13.5. The van der Waals surface area contributed by atoms with Crippen molar-refractivity contribution in [2.24, 2.45) is 0 Å². The molecule has 1 unspecified atom stereocenters. The molecular weight excluding hydrogens is 973 g/mol. The van der Waals surface area contributed by atoms with Crippen molar-refractivity contribution in [1.29, 1.82) is 0 Å². The lowest BCUT2D eigenvalue weighted by atomic mass is 10.1. The summed E-state index contributed by atoms with van der Waals surface area (Å²) >= 11 is 0. The summed E-state index contributed by atoms with van der Waals surface area (Å²) in [4.78, 5) is 38.2. The minimum Gasteiger partial charge on any atom is -0.462 e. The first-order valence-corrected chi connectivity index (χ1v) is 30.9. The number of hydrogen-bond acceptors (Lipinski definition) is 6. The van der Waals surface area contributed by atoms with Crippen molar-refractivity contribution in [2.75, 3.05) is 13.2 Å². The Balaban J connectivity index is 4.54. The average molecular weight is 1080 g/mol. The fourth-order valence-corrected chi connectivity index (χ4v) is 7.51. The summed E-state index contributed by atoms with van der Waals surface area (Å²) in [6, 6.07) is 0. The van der Waals surface area contributed by atoms with Gasteiger partial charge in [-0.1, -0.05) is 247 Å². The summed E-state index contributed by atoms with van der Waals surface area (Å²) in [5.41, 5.74) is 0. The quantitative estimate of drug-likeness (QED) is 0.0261. The van der Waals surface area contributed by atoms with Crippen LogP contribution in [-0.2, 0) is 28.6 Å². The van der Waals surface area contributed by atoms with E-state index in [-0.39, 0.29) is 44.0 Å². The first-order valence-electron chi connectivity index (χ1n) is 30.9. The predicted octanol–water partition coefficient (Wildman–Crippen LogP) is 21.4. The topological polar surface area (TPSA) is 78.9 Å². The Bertz CT molecular complexity index is 1920.